The first-order valence-electron chi connectivity index (χ1n) is 8.76. The summed E-state index contributed by atoms with van der Waals surface area (Å²) in [6.45, 7) is 6.19. The summed E-state index contributed by atoms with van der Waals surface area (Å²) in [5, 5.41) is 2.67. The minimum absolute atomic E-state index is 0.0831. The summed E-state index contributed by atoms with van der Waals surface area (Å²) in [6, 6.07) is 15.1. The highest BCUT2D eigenvalue weighted by Gasteiger charge is 2.38. The van der Waals surface area contributed by atoms with Crippen LogP contribution in [0.2, 0.25) is 0 Å². The molecule has 3 rings (SSSR count). The third-order valence-corrected chi connectivity index (χ3v) is 4.71. The average molecular weight is 379 g/mol. The van der Waals surface area contributed by atoms with Gasteiger partial charge in [0.2, 0.25) is 5.91 Å². The average Bonchev–Trinajstić information content (AvgIpc) is 2.63. The van der Waals surface area contributed by atoms with Crippen LogP contribution in [0.1, 0.15) is 30.9 Å². The number of benzene rings is 2. The summed E-state index contributed by atoms with van der Waals surface area (Å²) >= 11 is 5.19. The minimum atomic E-state index is -1.03. The zero-order valence-electron chi connectivity index (χ0n) is 15.5. The molecule has 1 saturated heterocycles. The highest BCUT2D eigenvalue weighted by Crippen LogP contribution is 2.22. The van der Waals surface area contributed by atoms with Crippen LogP contribution in [0.3, 0.4) is 0 Å². The number of carbonyl (C=O) groups is 2. The Bertz CT molecular complexity index is 902. The van der Waals surface area contributed by atoms with Crippen LogP contribution in [0.5, 0.6) is 0 Å². The van der Waals surface area contributed by atoms with Crippen molar-refractivity contribution < 1.29 is 9.59 Å². The lowest BCUT2D eigenvalue weighted by atomic mass is 10.0. The standard InChI is InChI=1S/C21H21N3O2S/c1-13(2)15-6-8-16(9-7-15)22-12-18-19(25)23-21(27)24(20(18)26)17-10-4-14(3)5-11-17/h4-13,18H,1-3H3,(H,23,25,27)/t18-/m1/s1. The number of carbonyl (C=O) groups excluding carboxylic acids is 2. The number of hydrogen-bond donors (Lipinski definition) is 1. The Hall–Kier alpha value is -2.86. The van der Waals surface area contributed by atoms with E-state index in [2.05, 4.69) is 24.2 Å². The van der Waals surface area contributed by atoms with Gasteiger partial charge in [-0.1, -0.05) is 43.7 Å². The third kappa shape index (κ3) is 4.11. The van der Waals surface area contributed by atoms with E-state index in [1.54, 1.807) is 12.1 Å². The van der Waals surface area contributed by atoms with E-state index in [9.17, 15) is 9.59 Å². The van der Waals surface area contributed by atoms with Gasteiger partial charge in [-0.25, -0.2) is 0 Å². The van der Waals surface area contributed by atoms with Gasteiger partial charge in [-0.3, -0.25) is 19.5 Å². The van der Waals surface area contributed by atoms with Gasteiger partial charge in [0, 0.05) is 6.21 Å². The van der Waals surface area contributed by atoms with E-state index in [-0.39, 0.29) is 5.11 Å². The van der Waals surface area contributed by atoms with E-state index in [1.165, 1.54) is 16.7 Å². The lowest BCUT2D eigenvalue weighted by Crippen LogP contribution is -2.58. The molecule has 0 radical (unpaired) electrons. The van der Waals surface area contributed by atoms with Crippen LogP contribution in [-0.4, -0.2) is 23.1 Å². The monoisotopic (exact) mass is 379 g/mol. The van der Waals surface area contributed by atoms with Crippen molar-refractivity contribution in [2.75, 3.05) is 4.90 Å². The van der Waals surface area contributed by atoms with Crippen molar-refractivity contribution in [1.29, 1.82) is 0 Å². The van der Waals surface area contributed by atoms with Crippen LogP contribution in [0.15, 0.2) is 53.5 Å². The number of aryl methyl sites for hydroxylation is 1. The molecule has 6 heteroatoms. The maximum Gasteiger partial charge on any atom is 0.251 e. The highest BCUT2D eigenvalue weighted by atomic mass is 32.1. The van der Waals surface area contributed by atoms with Crippen molar-refractivity contribution in [3.05, 3.63) is 59.7 Å². The number of aliphatic imine (C=N–C) groups is 1. The summed E-state index contributed by atoms with van der Waals surface area (Å²) in [6.07, 6.45) is 1.38. The summed E-state index contributed by atoms with van der Waals surface area (Å²) in [5.41, 5.74) is 3.59. The largest absolute Gasteiger partial charge is 0.301 e. The van der Waals surface area contributed by atoms with Gasteiger partial charge >= 0.3 is 0 Å². The molecule has 1 heterocycles. The van der Waals surface area contributed by atoms with Crippen LogP contribution in [-0.2, 0) is 9.59 Å². The fraction of sp³-hybridized carbons (Fsp3) is 0.238. The molecule has 1 N–H and O–H groups in total. The second-order valence-corrected chi connectivity index (χ2v) is 7.19. The summed E-state index contributed by atoms with van der Waals surface area (Å²) in [7, 11) is 0. The molecule has 2 amide bonds. The molecule has 0 aliphatic carbocycles. The second kappa shape index (κ2) is 7.80. The number of thiocarbonyl (C=S) groups is 1. The molecule has 0 spiro atoms. The van der Waals surface area contributed by atoms with E-state index in [0.717, 1.165) is 5.56 Å². The van der Waals surface area contributed by atoms with Crippen molar-refractivity contribution in [2.45, 2.75) is 26.7 Å². The molecule has 5 nitrogen and oxygen atoms in total. The molecule has 0 unspecified atom stereocenters. The Labute approximate surface area is 164 Å². The lowest BCUT2D eigenvalue weighted by Gasteiger charge is -2.30. The predicted octanol–water partition coefficient (Wildman–Crippen LogP) is 3.88. The lowest BCUT2D eigenvalue weighted by molar-refractivity contribution is -0.130. The summed E-state index contributed by atoms with van der Waals surface area (Å²) < 4.78 is 0. The second-order valence-electron chi connectivity index (χ2n) is 6.81. The Morgan fingerprint density at radius 3 is 2.30 bits per heavy atom. The van der Waals surface area contributed by atoms with E-state index in [4.69, 9.17) is 12.2 Å². The van der Waals surface area contributed by atoms with Crippen molar-refractivity contribution in [1.82, 2.24) is 5.32 Å². The molecular formula is C21H21N3O2S. The van der Waals surface area contributed by atoms with E-state index in [0.29, 0.717) is 17.3 Å². The Kier molecular flexibility index (Phi) is 5.46. The molecule has 0 bridgehead atoms. The Morgan fingerprint density at radius 2 is 1.70 bits per heavy atom. The molecule has 1 fully saturated rings. The van der Waals surface area contributed by atoms with Gasteiger partial charge in [-0.15, -0.1) is 0 Å². The van der Waals surface area contributed by atoms with E-state index in [1.807, 2.05) is 43.3 Å². The molecule has 138 valence electrons. The maximum atomic E-state index is 12.9. The van der Waals surface area contributed by atoms with E-state index >= 15 is 0 Å². The fourth-order valence-corrected chi connectivity index (χ4v) is 3.06. The number of amides is 2. The molecule has 0 aromatic heterocycles. The highest BCUT2D eigenvalue weighted by molar-refractivity contribution is 7.80. The number of nitrogens with zero attached hydrogens (tertiary/aromatic N) is 2. The summed E-state index contributed by atoms with van der Waals surface area (Å²) in [4.78, 5) is 30.8. The van der Waals surface area contributed by atoms with Gasteiger partial charge in [-0.2, -0.15) is 0 Å². The number of anilines is 1. The topological polar surface area (TPSA) is 61.8 Å². The number of hydrogen-bond acceptors (Lipinski definition) is 4. The van der Waals surface area contributed by atoms with Crippen LogP contribution >= 0.6 is 12.2 Å². The molecule has 2 aromatic rings. The molecule has 1 atom stereocenters. The Balaban J connectivity index is 1.83. The van der Waals surface area contributed by atoms with Crippen molar-refractivity contribution >= 4 is 46.7 Å². The quantitative estimate of drug-likeness (QED) is 0.498. The van der Waals surface area contributed by atoms with Gasteiger partial charge in [-0.05, 0) is 54.9 Å². The van der Waals surface area contributed by atoms with Crippen LogP contribution < -0.4 is 10.2 Å². The Morgan fingerprint density at radius 1 is 1.07 bits per heavy atom. The molecule has 2 aromatic carbocycles. The van der Waals surface area contributed by atoms with Gasteiger partial charge in [0.15, 0.2) is 11.0 Å². The van der Waals surface area contributed by atoms with Gasteiger partial charge in [0.25, 0.3) is 5.91 Å². The van der Waals surface area contributed by atoms with Gasteiger partial charge in [0.1, 0.15) is 0 Å². The summed E-state index contributed by atoms with van der Waals surface area (Å²) in [5.74, 6) is -1.47. The fourth-order valence-electron chi connectivity index (χ4n) is 2.77. The van der Waals surface area contributed by atoms with E-state index < -0.39 is 17.7 Å². The van der Waals surface area contributed by atoms with Gasteiger partial charge in [0.05, 0.1) is 11.4 Å². The number of nitrogens with one attached hydrogen (secondary N) is 1. The van der Waals surface area contributed by atoms with Crippen molar-refractivity contribution in [3.63, 3.8) is 0 Å². The first kappa shape index (κ1) is 18.9. The van der Waals surface area contributed by atoms with Crippen molar-refractivity contribution in [2.24, 2.45) is 10.9 Å². The zero-order valence-corrected chi connectivity index (χ0v) is 16.3. The van der Waals surface area contributed by atoms with Crippen LogP contribution in [0, 0.1) is 12.8 Å². The van der Waals surface area contributed by atoms with Crippen LogP contribution in [0.4, 0.5) is 11.4 Å². The van der Waals surface area contributed by atoms with Crippen molar-refractivity contribution in [3.8, 4) is 0 Å². The molecule has 1 aliphatic heterocycles. The predicted molar refractivity (Wildman–Crippen MR) is 112 cm³/mol. The molecular weight excluding hydrogens is 358 g/mol. The van der Waals surface area contributed by atoms with Gasteiger partial charge < -0.3 is 5.32 Å². The minimum Gasteiger partial charge on any atom is -0.301 e. The SMILES string of the molecule is Cc1ccc(N2C(=O)[C@H](C=Nc3ccc(C(C)C)cc3)C(=O)NC2=S)cc1. The smallest absolute Gasteiger partial charge is 0.251 e. The number of rotatable bonds is 4. The normalized spacial score (nSPS) is 17.7. The first-order valence-corrected chi connectivity index (χ1v) is 9.17. The third-order valence-electron chi connectivity index (χ3n) is 4.43. The van der Waals surface area contributed by atoms with Crippen LogP contribution in [0.25, 0.3) is 0 Å². The zero-order chi connectivity index (χ0) is 19.6. The maximum absolute atomic E-state index is 12.9. The molecule has 27 heavy (non-hydrogen) atoms. The molecule has 1 aliphatic rings. The molecule has 0 saturated carbocycles. The first-order chi connectivity index (χ1) is 12.9.